The van der Waals surface area contributed by atoms with E-state index >= 15 is 0 Å². The van der Waals surface area contributed by atoms with E-state index in [0.29, 0.717) is 6.42 Å². The molecular weight excluding hydrogens is 98.1 g/mol. The predicted octanol–water partition coefficient (Wildman–Crippen LogP) is 1.85. The molecule has 0 N–H and O–H groups in total. The van der Waals surface area contributed by atoms with Gasteiger partial charge in [-0.05, 0) is 6.42 Å². The minimum absolute atomic E-state index is 0.128. The Morgan fingerprint density at radius 3 is 2.29 bits per heavy atom. The molecule has 0 aromatic rings. The van der Waals surface area contributed by atoms with Gasteiger partial charge in [-0.2, -0.15) is 0 Å². The molecule has 0 aliphatic heterocycles. The number of rotatable bonds is 1. The molecule has 1 aliphatic carbocycles. The fraction of sp³-hybridized carbons (Fsp3) is 1.00. The van der Waals surface area contributed by atoms with E-state index in [2.05, 4.69) is 0 Å². The molecule has 7 heavy (non-hydrogen) atoms. The van der Waals surface area contributed by atoms with Crippen molar-refractivity contribution in [2.24, 2.45) is 0 Å². The van der Waals surface area contributed by atoms with Crippen molar-refractivity contribution in [2.45, 2.75) is 31.6 Å². The van der Waals surface area contributed by atoms with E-state index < -0.39 is 11.8 Å². The second-order valence-electron chi connectivity index (χ2n) is 2.06. The van der Waals surface area contributed by atoms with Crippen molar-refractivity contribution in [2.75, 3.05) is 0 Å². The lowest BCUT2D eigenvalue weighted by Gasteiger charge is -1.93. The van der Waals surface area contributed by atoms with Crippen LogP contribution in [0.3, 0.4) is 0 Å². The van der Waals surface area contributed by atoms with Crippen LogP contribution in [0.15, 0.2) is 0 Å². The third-order valence-electron chi connectivity index (χ3n) is 1.51. The van der Waals surface area contributed by atoms with Gasteiger partial charge < -0.3 is 0 Å². The molecule has 2 unspecified atom stereocenters. The molecule has 0 saturated heterocycles. The van der Waals surface area contributed by atoms with Crippen LogP contribution >= 0.6 is 0 Å². The topological polar surface area (TPSA) is 0 Å². The van der Waals surface area contributed by atoms with E-state index in [1.807, 2.05) is 0 Å². The summed E-state index contributed by atoms with van der Waals surface area (Å²) in [5.74, 6) is 0. The quantitative estimate of drug-likeness (QED) is 0.478. The van der Waals surface area contributed by atoms with Crippen molar-refractivity contribution in [1.82, 2.24) is 0 Å². The lowest BCUT2D eigenvalue weighted by molar-refractivity contribution is 0.241. The van der Waals surface area contributed by atoms with Crippen molar-refractivity contribution >= 4 is 0 Å². The number of hydrogen-bond acceptors (Lipinski definition) is 0. The first-order chi connectivity index (χ1) is 3.19. The van der Waals surface area contributed by atoms with Gasteiger partial charge in [0, 0.05) is 6.42 Å². The van der Waals surface area contributed by atoms with Crippen LogP contribution < -0.4 is 0 Å². The van der Waals surface area contributed by atoms with E-state index in [1.54, 1.807) is 6.92 Å². The zero-order chi connectivity index (χ0) is 5.49. The van der Waals surface area contributed by atoms with Crippen LogP contribution in [0, 0.1) is 0 Å². The van der Waals surface area contributed by atoms with E-state index in [1.165, 1.54) is 0 Å². The SMILES string of the molecule is CCC1(F)CC1F. The first kappa shape index (κ1) is 5.01. The molecule has 0 nitrogen and oxygen atoms in total. The molecule has 1 rings (SSSR count). The van der Waals surface area contributed by atoms with Crippen LogP contribution in [-0.2, 0) is 0 Å². The summed E-state index contributed by atoms with van der Waals surface area (Å²) in [4.78, 5) is 0. The average molecular weight is 106 g/mol. The summed E-state index contributed by atoms with van der Waals surface area (Å²) in [6.07, 6.45) is -0.699. The zero-order valence-corrected chi connectivity index (χ0v) is 4.25. The normalized spacial score (nSPS) is 49.3. The molecule has 0 aromatic carbocycles. The summed E-state index contributed by atoms with van der Waals surface area (Å²) in [7, 11) is 0. The maximum atomic E-state index is 12.2. The Kier molecular flexibility index (Phi) is 0.839. The van der Waals surface area contributed by atoms with Gasteiger partial charge in [0.25, 0.3) is 0 Å². The minimum atomic E-state index is -1.42. The van der Waals surface area contributed by atoms with Crippen molar-refractivity contribution in [3.63, 3.8) is 0 Å². The Morgan fingerprint density at radius 1 is 1.86 bits per heavy atom. The molecule has 0 spiro atoms. The molecule has 1 fully saturated rings. The van der Waals surface area contributed by atoms with Crippen molar-refractivity contribution in [3.05, 3.63) is 0 Å². The molecule has 0 aromatic heterocycles. The molecule has 0 heterocycles. The van der Waals surface area contributed by atoms with Gasteiger partial charge in [-0.25, -0.2) is 8.78 Å². The van der Waals surface area contributed by atoms with Crippen LogP contribution in [-0.4, -0.2) is 11.8 Å². The van der Waals surface area contributed by atoms with Gasteiger partial charge in [0.2, 0.25) is 0 Å². The van der Waals surface area contributed by atoms with Crippen LogP contribution in [0.1, 0.15) is 19.8 Å². The molecule has 0 radical (unpaired) electrons. The largest absolute Gasteiger partial charge is 0.244 e. The summed E-state index contributed by atoms with van der Waals surface area (Å²) in [6, 6.07) is 0. The van der Waals surface area contributed by atoms with Crippen molar-refractivity contribution in [3.8, 4) is 0 Å². The third-order valence-corrected chi connectivity index (χ3v) is 1.51. The van der Waals surface area contributed by atoms with Gasteiger partial charge in [0.05, 0.1) is 0 Å². The predicted molar refractivity (Wildman–Crippen MR) is 23.6 cm³/mol. The Balaban J connectivity index is 2.36. The fourth-order valence-corrected chi connectivity index (χ4v) is 0.605. The summed E-state index contributed by atoms with van der Waals surface area (Å²) in [5.41, 5.74) is -1.42. The van der Waals surface area contributed by atoms with E-state index in [9.17, 15) is 8.78 Å². The zero-order valence-electron chi connectivity index (χ0n) is 4.25. The van der Waals surface area contributed by atoms with Crippen molar-refractivity contribution < 1.29 is 8.78 Å². The maximum absolute atomic E-state index is 12.2. The highest BCUT2D eigenvalue weighted by Crippen LogP contribution is 2.45. The van der Waals surface area contributed by atoms with E-state index in [0.717, 1.165) is 0 Å². The van der Waals surface area contributed by atoms with Crippen LogP contribution in [0.5, 0.6) is 0 Å². The lowest BCUT2D eigenvalue weighted by Crippen LogP contribution is -2.00. The first-order valence-electron chi connectivity index (χ1n) is 2.52. The van der Waals surface area contributed by atoms with Gasteiger partial charge in [-0.15, -0.1) is 0 Å². The van der Waals surface area contributed by atoms with Crippen LogP contribution in [0.4, 0.5) is 8.78 Å². The highest BCUT2D eigenvalue weighted by atomic mass is 19.2. The van der Waals surface area contributed by atoms with Crippen LogP contribution in [0.2, 0.25) is 0 Å². The monoisotopic (exact) mass is 106 g/mol. The summed E-state index contributed by atoms with van der Waals surface area (Å²) >= 11 is 0. The van der Waals surface area contributed by atoms with Gasteiger partial charge in [-0.3, -0.25) is 0 Å². The molecule has 0 bridgehead atoms. The van der Waals surface area contributed by atoms with Gasteiger partial charge >= 0.3 is 0 Å². The molecular formula is C5H8F2. The second-order valence-corrected chi connectivity index (χ2v) is 2.06. The Hall–Kier alpha value is -0.140. The molecule has 2 atom stereocenters. The smallest absolute Gasteiger partial charge is 0.144 e. The standard InChI is InChI=1S/C5H8F2/c1-2-5(7)3-4(5)6/h4H,2-3H2,1H3. The highest BCUT2D eigenvalue weighted by Gasteiger charge is 2.54. The summed E-state index contributed by atoms with van der Waals surface area (Å²) < 4.78 is 24.0. The summed E-state index contributed by atoms with van der Waals surface area (Å²) in [6.45, 7) is 1.67. The molecule has 1 aliphatic rings. The molecule has 2 heteroatoms. The molecule has 1 saturated carbocycles. The fourth-order valence-electron chi connectivity index (χ4n) is 0.605. The van der Waals surface area contributed by atoms with E-state index in [4.69, 9.17) is 0 Å². The highest BCUT2D eigenvalue weighted by molar-refractivity contribution is 5.03. The third kappa shape index (κ3) is 0.621. The van der Waals surface area contributed by atoms with E-state index in [-0.39, 0.29) is 6.42 Å². The number of halogens is 2. The Morgan fingerprint density at radius 2 is 2.29 bits per heavy atom. The Labute approximate surface area is 41.5 Å². The lowest BCUT2D eigenvalue weighted by atomic mass is 10.3. The molecule has 42 valence electrons. The van der Waals surface area contributed by atoms with Gasteiger partial charge in [0.15, 0.2) is 0 Å². The maximum Gasteiger partial charge on any atom is 0.144 e. The van der Waals surface area contributed by atoms with Crippen molar-refractivity contribution in [1.29, 1.82) is 0 Å². The second kappa shape index (κ2) is 1.17. The number of hydrogen-bond donors (Lipinski definition) is 0. The van der Waals surface area contributed by atoms with Crippen LogP contribution in [0.25, 0.3) is 0 Å². The Bertz CT molecular complexity index is 78.1. The average Bonchev–Trinajstić information content (AvgIpc) is 2.18. The first-order valence-corrected chi connectivity index (χ1v) is 2.52. The summed E-state index contributed by atoms with van der Waals surface area (Å²) in [5, 5.41) is 0. The van der Waals surface area contributed by atoms with Gasteiger partial charge in [0.1, 0.15) is 11.8 Å². The minimum Gasteiger partial charge on any atom is -0.244 e. The number of alkyl halides is 2. The van der Waals surface area contributed by atoms with Gasteiger partial charge in [-0.1, -0.05) is 6.92 Å². The molecule has 0 amide bonds.